The van der Waals surface area contributed by atoms with Crippen molar-refractivity contribution in [1.82, 2.24) is 15.5 Å². The van der Waals surface area contributed by atoms with E-state index in [4.69, 9.17) is 15.2 Å². The van der Waals surface area contributed by atoms with Crippen LogP contribution in [0.3, 0.4) is 0 Å². The number of aliphatic carboxylic acids is 1. The molecule has 14 nitrogen and oxygen atoms in total. The lowest BCUT2D eigenvalue weighted by Crippen LogP contribution is -2.59. The van der Waals surface area contributed by atoms with Gasteiger partial charge >= 0.3 is 17.9 Å². The van der Waals surface area contributed by atoms with Crippen LogP contribution in [0.1, 0.15) is 207 Å². The number of hydrogen-bond donors (Lipinski definition) is 5. The van der Waals surface area contributed by atoms with Gasteiger partial charge in [-0.25, -0.2) is 0 Å². The van der Waals surface area contributed by atoms with Crippen LogP contribution >= 0.6 is 12.6 Å². The SMILES string of the molecule is CCCCCCCCCCCC(=O)N[C@@H](CS)C(=O)N(C[C@H](COC(=O)CCCCCCCCC)OC(=O)CCCCCCCCC)[C@@H](C)C(=O)N[C@H](CCC(=O)O)C(N)=O. The van der Waals surface area contributed by atoms with Crippen LogP contribution in [-0.4, -0.2) is 94.7 Å². The molecule has 0 saturated heterocycles. The molecule has 0 bridgehead atoms. The molecular formula is C46H84N4O10S. The lowest BCUT2D eigenvalue weighted by atomic mass is 10.1. The fourth-order valence-electron chi connectivity index (χ4n) is 6.97. The summed E-state index contributed by atoms with van der Waals surface area (Å²) in [6.45, 7) is 7.11. The second kappa shape index (κ2) is 38.3. The Bertz CT molecular complexity index is 1240. The van der Waals surface area contributed by atoms with Crippen LogP contribution in [0.5, 0.6) is 0 Å². The first-order valence-corrected chi connectivity index (χ1v) is 24.3. The summed E-state index contributed by atoms with van der Waals surface area (Å²) in [6.07, 6.45) is 22.3. The molecule has 0 aromatic heterocycles. The third kappa shape index (κ3) is 31.2. The first kappa shape index (κ1) is 57.6. The van der Waals surface area contributed by atoms with Gasteiger partial charge < -0.3 is 35.8 Å². The Morgan fingerprint density at radius 1 is 0.607 bits per heavy atom. The lowest BCUT2D eigenvalue weighted by Gasteiger charge is -2.34. The number of rotatable bonds is 41. The van der Waals surface area contributed by atoms with E-state index in [1.54, 1.807) is 0 Å². The number of nitrogens with two attached hydrogens (primary N) is 1. The Balaban J connectivity index is 6.14. The number of hydrogen-bond acceptors (Lipinski definition) is 10. The molecule has 0 spiro atoms. The van der Waals surface area contributed by atoms with Gasteiger partial charge in [0.1, 0.15) is 24.7 Å². The molecule has 0 aromatic carbocycles. The fraction of sp³-hybridized carbons (Fsp3) is 0.848. The number of unbranched alkanes of at least 4 members (excludes halogenated alkanes) is 20. The number of amides is 4. The van der Waals surface area contributed by atoms with E-state index in [0.717, 1.165) is 101 Å². The molecule has 0 fully saturated rings. The Morgan fingerprint density at radius 2 is 1.05 bits per heavy atom. The van der Waals surface area contributed by atoms with E-state index in [1.165, 1.54) is 39.0 Å². The average Bonchev–Trinajstić information content (AvgIpc) is 3.23. The number of nitrogens with zero attached hydrogens (tertiary/aromatic N) is 1. The zero-order valence-electron chi connectivity index (χ0n) is 38.3. The summed E-state index contributed by atoms with van der Waals surface area (Å²) in [4.78, 5) is 91.7. The molecular weight excluding hydrogens is 801 g/mol. The van der Waals surface area contributed by atoms with Crippen molar-refractivity contribution >= 4 is 54.2 Å². The quantitative estimate of drug-likeness (QED) is 0.0226. The highest BCUT2D eigenvalue weighted by atomic mass is 32.1. The number of primary amides is 1. The standard InChI is InChI=1S/C46H84N4O10S/c1-5-8-11-14-17-18-21-22-25-28-40(51)48-39(35-61)46(58)50(36(4)45(57)49-38(44(47)56)31-32-41(52)53)33-37(60-43(55)30-27-24-20-16-13-10-7-3)34-59-42(54)29-26-23-19-15-12-9-6-2/h36-39,61H,5-35H2,1-4H3,(H2,47,56)(H,48,51)(H,49,57)(H,52,53)/t36-,37+,38+,39-/m0/s1. The van der Waals surface area contributed by atoms with Crippen LogP contribution < -0.4 is 16.4 Å². The van der Waals surface area contributed by atoms with Gasteiger partial charge in [-0.1, -0.05) is 149 Å². The molecule has 0 aliphatic carbocycles. The summed E-state index contributed by atoms with van der Waals surface area (Å²) in [6, 6.07) is -3.85. The molecule has 5 N–H and O–H groups in total. The highest BCUT2D eigenvalue weighted by Crippen LogP contribution is 2.16. The van der Waals surface area contributed by atoms with E-state index in [2.05, 4.69) is 44.0 Å². The number of thiol groups is 1. The number of esters is 2. The summed E-state index contributed by atoms with van der Waals surface area (Å²) in [5.74, 6) is -5.19. The van der Waals surface area contributed by atoms with Crippen LogP contribution in [0.25, 0.3) is 0 Å². The number of carbonyl (C=O) groups excluding carboxylic acids is 6. The number of ether oxygens (including phenoxy) is 2. The Kier molecular flexibility index (Phi) is 36.2. The smallest absolute Gasteiger partial charge is 0.306 e. The van der Waals surface area contributed by atoms with E-state index >= 15 is 0 Å². The summed E-state index contributed by atoms with van der Waals surface area (Å²) in [7, 11) is 0. The van der Waals surface area contributed by atoms with Gasteiger partial charge in [-0.15, -0.1) is 0 Å². The molecule has 0 aromatic rings. The maximum Gasteiger partial charge on any atom is 0.306 e. The maximum atomic E-state index is 14.3. The first-order valence-electron chi connectivity index (χ1n) is 23.7. The van der Waals surface area contributed by atoms with E-state index in [0.29, 0.717) is 19.3 Å². The topological polar surface area (TPSA) is 212 Å². The zero-order chi connectivity index (χ0) is 45.7. The minimum atomic E-state index is -1.34. The van der Waals surface area contributed by atoms with Gasteiger partial charge in [0.05, 0.1) is 6.54 Å². The Labute approximate surface area is 373 Å². The van der Waals surface area contributed by atoms with Crippen LogP contribution in [-0.2, 0) is 43.0 Å². The zero-order valence-corrected chi connectivity index (χ0v) is 39.2. The molecule has 4 atom stereocenters. The predicted octanol–water partition coefficient (Wildman–Crippen LogP) is 8.11. The van der Waals surface area contributed by atoms with Gasteiger partial charge in [-0.05, 0) is 32.6 Å². The molecule has 0 heterocycles. The molecule has 61 heavy (non-hydrogen) atoms. The monoisotopic (exact) mass is 885 g/mol. The summed E-state index contributed by atoms with van der Waals surface area (Å²) in [5, 5.41) is 14.4. The second-order valence-electron chi connectivity index (χ2n) is 16.5. The number of nitrogens with one attached hydrogen (secondary N) is 2. The van der Waals surface area contributed by atoms with Gasteiger partial charge in [0.2, 0.25) is 23.6 Å². The second-order valence-corrected chi connectivity index (χ2v) is 16.8. The average molecular weight is 885 g/mol. The molecule has 0 rings (SSSR count). The third-order valence-electron chi connectivity index (χ3n) is 10.9. The molecule has 0 unspecified atom stereocenters. The van der Waals surface area contributed by atoms with Crippen molar-refractivity contribution in [2.45, 2.75) is 232 Å². The van der Waals surface area contributed by atoms with Gasteiger partial charge in [0, 0.05) is 31.4 Å². The number of carbonyl (C=O) groups is 7. The summed E-state index contributed by atoms with van der Waals surface area (Å²) in [5.41, 5.74) is 5.49. The molecule has 0 radical (unpaired) electrons. The minimum absolute atomic E-state index is 0.109. The van der Waals surface area contributed by atoms with Crippen molar-refractivity contribution in [3.8, 4) is 0 Å². The van der Waals surface area contributed by atoms with Crippen LogP contribution in [0, 0.1) is 0 Å². The van der Waals surface area contributed by atoms with E-state index < -0.39 is 72.8 Å². The van der Waals surface area contributed by atoms with Gasteiger partial charge in [0.15, 0.2) is 6.10 Å². The van der Waals surface area contributed by atoms with Crippen molar-refractivity contribution in [1.29, 1.82) is 0 Å². The van der Waals surface area contributed by atoms with Crippen molar-refractivity contribution in [3.63, 3.8) is 0 Å². The lowest BCUT2D eigenvalue weighted by molar-refractivity contribution is -0.163. The third-order valence-corrected chi connectivity index (χ3v) is 11.2. The number of carboxylic acid groups (broad SMARTS) is 1. The molecule has 354 valence electrons. The van der Waals surface area contributed by atoms with E-state index in [1.807, 2.05) is 0 Å². The fourth-order valence-corrected chi connectivity index (χ4v) is 7.22. The van der Waals surface area contributed by atoms with Gasteiger partial charge in [0.25, 0.3) is 0 Å². The van der Waals surface area contributed by atoms with E-state index in [9.17, 15) is 38.7 Å². The molecule has 0 aliphatic rings. The van der Waals surface area contributed by atoms with Crippen molar-refractivity contribution in [2.75, 3.05) is 18.9 Å². The molecule has 4 amide bonds. The Morgan fingerprint density at radius 3 is 1.49 bits per heavy atom. The van der Waals surface area contributed by atoms with Gasteiger partial charge in [-0.3, -0.25) is 33.6 Å². The van der Waals surface area contributed by atoms with Crippen molar-refractivity contribution < 1.29 is 48.1 Å². The van der Waals surface area contributed by atoms with Crippen LogP contribution in [0.4, 0.5) is 0 Å². The van der Waals surface area contributed by atoms with Crippen molar-refractivity contribution in [2.24, 2.45) is 5.73 Å². The predicted molar refractivity (Wildman–Crippen MR) is 243 cm³/mol. The first-order chi connectivity index (χ1) is 29.3. The molecule has 0 aliphatic heterocycles. The van der Waals surface area contributed by atoms with Crippen LogP contribution in [0.15, 0.2) is 0 Å². The van der Waals surface area contributed by atoms with Crippen molar-refractivity contribution in [3.05, 3.63) is 0 Å². The van der Waals surface area contributed by atoms with E-state index in [-0.39, 0.29) is 44.0 Å². The largest absolute Gasteiger partial charge is 0.481 e. The molecule has 0 saturated carbocycles. The number of carboxylic acids is 1. The van der Waals surface area contributed by atoms with Gasteiger partial charge in [-0.2, -0.15) is 12.6 Å². The molecule has 15 heteroatoms. The normalized spacial score (nSPS) is 13.1. The summed E-state index contributed by atoms with van der Waals surface area (Å²) >= 11 is 4.36. The highest BCUT2D eigenvalue weighted by molar-refractivity contribution is 7.80. The summed E-state index contributed by atoms with van der Waals surface area (Å²) < 4.78 is 11.4. The minimum Gasteiger partial charge on any atom is -0.481 e. The highest BCUT2D eigenvalue weighted by Gasteiger charge is 2.35. The maximum absolute atomic E-state index is 14.3. The Hall–Kier alpha value is -3.36. The van der Waals surface area contributed by atoms with Crippen LogP contribution in [0.2, 0.25) is 0 Å².